The smallest absolute Gasteiger partial charge is 0.314 e. The van der Waals surface area contributed by atoms with Crippen LogP contribution in [0.15, 0.2) is 42.5 Å². The van der Waals surface area contributed by atoms with Crippen LogP contribution in [0.5, 0.6) is 0 Å². The molecule has 2 aromatic rings. The van der Waals surface area contributed by atoms with Crippen molar-refractivity contribution in [3.63, 3.8) is 0 Å². The minimum atomic E-state index is -0.883. The summed E-state index contributed by atoms with van der Waals surface area (Å²) in [6.07, 6.45) is 0. The van der Waals surface area contributed by atoms with E-state index in [0.717, 1.165) is 0 Å². The molecule has 0 aliphatic rings. The summed E-state index contributed by atoms with van der Waals surface area (Å²) in [4.78, 5) is 34.9. The van der Waals surface area contributed by atoms with E-state index in [1.807, 2.05) is 0 Å². The summed E-state index contributed by atoms with van der Waals surface area (Å²) >= 11 is 5.94. The van der Waals surface area contributed by atoms with Gasteiger partial charge in [0, 0.05) is 24.0 Å². The van der Waals surface area contributed by atoms with E-state index in [9.17, 15) is 14.4 Å². The zero-order valence-corrected chi connectivity index (χ0v) is 13.5. The van der Waals surface area contributed by atoms with Gasteiger partial charge < -0.3 is 21.7 Å². The molecule has 0 saturated carbocycles. The minimum absolute atomic E-state index is 0.226. The molecule has 0 unspecified atom stereocenters. The number of nitrogen functional groups attached to an aromatic ring is 1. The fourth-order valence-corrected chi connectivity index (χ4v) is 2.11. The number of anilines is 4. The fraction of sp³-hybridized carbons (Fsp3) is 0.0625. The molecule has 2 aromatic carbocycles. The van der Waals surface area contributed by atoms with Gasteiger partial charge in [-0.2, -0.15) is 0 Å². The molecule has 0 fully saturated rings. The van der Waals surface area contributed by atoms with Crippen LogP contribution in [0.3, 0.4) is 0 Å². The maximum Gasteiger partial charge on any atom is 0.314 e. The molecule has 2 rings (SSSR count). The molecule has 0 spiro atoms. The van der Waals surface area contributed by atoms with Crippen molar-refractivity contribution in [2.24, 2.45) is 0 Å². The van der Waals surface area contributed by atoms with Gasteiger partial charge in [-0.3, -0.25) is 14.4 Å². The molecule has 3 amide bonds. The van der Waals surface area contributed by atoms with Gasteiger partial charge in [0.25, 0.3) is 0 Å². The van der Waals surface area contributed by atoms with Crippen molar-refractivity contribution in [1.82, 2.24) is 0 Å². The van der Waals surface area contributed by atoms with Crippen LogP contribution in [0.4, 0.5) is 22.7 Å². The van der Waals surface area contributed by atoms with E-state index in [0.29, 0.717) is 17.1 Å². The number of halogens is 1. The monoisotopic (exact) mass is 346 g/mol. The molecule has 124 valence electrons. The molecule has 0 aliphatic carbocycles. The average Bonchev–Trinajstić information content (AvgIpc) is 2.49. The van der Waals surface area contributed by atoms with Gasteiger partial charge in [-0.05, 0) is 36.4 Å². The van der Waals surface area contributed by atoms with Crippen LogP contribution in [0.1, 0.15) is 6.92 Å². The van der Waals surface area contributed by atoms with E-state index in [2.05, 4.69) is 16.0 Å². The van der Waals surface area contributed by atoms with Crippen molar-refractivity contribution < 1.29 is 14.4 Å². The summed E-state index contributed by atoms with van der Waals surface area (Å²) < 4.78 is 0. The molecule has 0 aromatic heterocycles. The van der Waals surface area contributed by atoms with Crippen LogP contribution in [-0.2, 0) is 14.4 Å². The Morgan fingerprint density at radius 1 is 0.917 bits per heavy atom. The third kappa shape index (κ3) is 4.72. The van der Waals surface area contributed by atoms with E-state index in [1.54, 1.807) is 24.3 Å². The molecule has 0 heterocycles. The summed E-state index contributed by atoms with van der Waals surface area (Å²) in [6, 6.07) is 10.9. The molecule has 0 atom stereocenters. The lowest BCUT2D eigenvalue weighted by Gasteiger charge is -2.09. The first-order valence-electron chi connectivity index (χ1n) is 6.90. The molecule has 0 aliphatic heterocycles. The van der Waals surface area contributed by atoms with Crippen LogP contribution in [0.25, 0.3) is 0 Å². The molecular weight excluding hydrogens is 332 g/mol. The largest absolute Gasteiger partial charge is 0.399 e. The number of hydrogen-bond acceptors (Lipinski definition) is 4. The number of nitrogens with two attached hydrogens (primary N) is 1. The molecule has 7 nitrogen and oxygen atoms in total. The quantitative estimate of drug-likeness (QED) is 0.505. The molecule has 8 heteroatoms. The number of rotatable bonds is 3. The van der Waals surface area contributed by atoms with E-state index in [-0.39, 0.29) is 16.6 Å². The molecule has 0 radical (unpaired) electrons. The molecular formula is C16H15ClN4O3. The SMILES string of the molecule is CC(=O)Nc1cccc(NC(=O)C(=O)Nc2ccc(N)cc2Cl)c1. The molecule has 24 heavy (non-hydrogen) atoms. The van der Waals surface area contributed by atoms with E-state index in [1.165, 1.54) is 25.1 Å². The lowest BCUT2D eigenvalue weighted by atomic mass is 10.2. The second kappa shape index (κ2) is 7.47. The van der Waals surface area contributed by atoms with Gasteiger partial charge in [0.1, 0.15) is 0 Å². The van der Waals surface area contributed by atoms with Crippen molar-refractivity contribution >= 4 is 52.1 Å². The third-order valence-corrected chi connectivity index (χ3v) is 3.20. The highest BCUT2D eigenvalue weighted by Crippen LogP contribution is 2.24. The predicted molar refractivity (Wildman–Crippen MR) is 93.9 cm³/mol. The van der Waals surface area contributed by atoms with Gasteiger partial charge in [-0.1, -0.05) is 17.7 Å². The summed E-state index contributed by atoms with van der Waals surface area (Å²) in [5.41, 5.74) is 7.15. The van der Waals surface area contributed by atoms with E-state index >= 15 is 0 Å². The van der Waals surface area contributed by atoms with Crippen LogP contribution < -0.4 is 21.7 Å². The number of carbonyl (C=O) groups is 3. The fourth-order valence-electron chi connectivity index (χ4n) is 1.88. The minimum Gasteiger partial charge on any atom is -0.399 e. The van der Waals surface area contributed by atoms with Gasteiger partial charge in [-0.15, -0.1) is 0 Å². The summed E-state index contributed by atoms with van der Waals surface area (Å²) in [5, 5.41) is 7.64. The number of carbonyl (C=O) groups excluding carboxylic acids is 3. The van der Waals surface area contributed by atoms with Crippen LogP contribution in [0.2, 0.25) is 5.02 Å². The molecule has 5 N–H and O–H groups in total. The molecule has 0 bridgehead atoms. The average molecular weight is 347 g/mol. The van der Waals surface area contributed by atoms with Crippen LogP contribution in [-0.4, -0.2) is 17.7 Å². The number of nitrogens with one attached hydrogen (secondary N) is 3. The van der Waals surface area contributed by atoms with Gasteiger partial charge >= 0.3 is 11.8 Å². The normalized spacial score (nSPS) is 9.92. The van der Waals surface area contributed by atoms with Crippen molar-refractivity contribution in [3.8, 4) is 0 Å². The first-order chi connectivity index (χ1) is 11.3. The first kappa shape index (κ1) is 17.3. The lowest BCUT2D eigenvalue weighted by molar-refractivity contribution is -0.132. The Kier molecular flexibility index (Phi) is 5.39. The van der Waals surface area contributed by atoms with Gasteiger partial charge in [0.2, 0.25) is 5.91 Å². The second-order valence-corrected chi connectivity index (χ2v) is 5.32. The topological polar surface area (TPSA) is 113 Å². The van der Waals surface area contributed by atoms with Gasteiger partial charge in [0.15, 0.2) is 0 Å². The first-order valence-corrected chi connectivity index (χ1v) is 7.28. The Balaban J connectivity index is 2.03. The van der Waals surface area contributed by atoms with Crippen molar-refractivity contribution in [3.05, 3.63) is 47.5 Å². The Hall–Kier alpha value is -3.06. The van der Waals surface area contributed by atoms with Gasteiger partial charge in [-0.25, -0.2) is 0 Å². The van der Waals surface area contributed by atoms with Crippen molar-refractivity contribution in [2.75, 3.05) is 21.7 Å². The maximum absolute atomic E-state index is 12.0. The van der Waals surface area contributed by atoms with Crippen LogP contribution in [0, 0.1) is 0 Å². The van der Waals surface area contributed by atoms with Crippen molar-refractivity contribution in [2.45, 2.75) is 6.92 Å². The zero-order chi connectivity index (χ0) is 17.7. The Labute approximate surface area is 143 Å². The van der Waals surface area contributed by atoms with E-state index < -0.39 is 11.8 Å². The highest BCUT2D eigenvalue weighted by molar-refractivity contribution is 6.44. The number of hydrogen-bond donors (Lipinski definition) is 4. The Morgan fingerprint density at radius 3 is 2.17 bits per heavy atom. The van der Waals surface area contributed by atoms with Crippen molar-refractivity contribution in [1.29, 1.82) is 0 Å². The lowest BCUT2D eigenvalue weighted by Crippen LogP contribution is -2.29. The third-order valence-electron chi connectivity index (χ3n) is 2.89. The van der Waals surface area contributed by atoms with Gasteiger partial charge in [0.05, 0.1) is 10.7 Å². The summed E-state index contributed by atoms with van der Waals surface area (Å²) in [7, 11) is 0. The summed E-state index contributed by atoms with van der Waals surface area (Å²) in [6.45, 7) is 1.37. The van der Waals surface area contributed by atoms with E-state index in [4.69, 9.17) is 17.3 Å². The zero-order valence-electron chi connectivity index (χ0n) is 12.7. The Morgan fingerprint density at radius 2 is 1.54 bits per heavy atom. The van der Waals surface area contributed by atoms with Crippen LogP contribution >= 0.6 is 11.6 Å². The highest BCUT2D eigenvalue weighted by atomic mass is 35.5. The number of amides is 3. The summed E-state index contributed by atoms with van der Waals surface area (Å²) in [5.74, 6) is -2.00. The second-order valence-electron chi connectivity index (χ2n) is 4.91. The standard InChI is InChI=1S/C16H15ClN4O3/c1-9(22)19-11-3-2-4-12(8-11)20-15(23)16(24)21-14-6-5-10(18)7-13(14)17/h2-8H,18H2,1H3,(H,19,22)(H,20,23)(H,21,24). The Bertz CT molecular complexity index is 808. The predicted octanol–water partition coefficient (Wildman–Crippen LogP) is 2.46. The number of benzene rings is 2. The highest BCUT2D eigenvalue weighted by Gasteiger charge is 2.15. The maximum atomic E-state index is 12.0. The molecule has 0 saturated heterocycles.